The smallest absolute Gasteiger partial charge is 0.0594 e. The molecule has 0 unspecified atom stereocenters. The second-order valence-electron chi connectivity index (χ2n) is 2.41. The summed E-state index contributed by atoms with van der Waals surface area (Å²) in [6, 6.07) is 0. The van der Waals surface area contributed by atoms with Crippen LogP contribution in [0.5, 0.6) is 0 Å². The van der Waals surface area contributed by atoms with Gasteiger partial charge in [-0.3, -0.25) is 4.90 Å². The summed E-state index contributed by atoms with van der Waals surface area (Å²) in [4.78, 5) is 2.23. The number of hydrogen-bond donors (Lipinski definition) is 0. The second-order valence-corrected chi connectivity index (χ2v) is 2.94. The Morgan fingerprint density at radius 1 is 1.50 bits per heavy atom. The third kappa shape index (κ3) is 2.69. The van der Waals surface area contributed by atoms with Crippen LogP contribution in [0.2, 0.25) is 0 Å². The van der Waals surface area contributed by atoms with Crippen molar-refractivity contribution in [1.29, 1.82) is 0 Å². The number of halogens is 1. The lowest BCUT2D eigenvalue weighted by Crippen LogP contribution is -2.36. The standard InChI is InChI=1S/C7H12ClNO/c1-7(8)6-9-2-4-10-5-3-9/h1-6H2. The van der Waals surface area contributed by atoms with Gasteiger partial charge in [0, 0.05) is 24.7 Å². The zero-order chi connectivity index (χ0) is 7.40. The molecule has 1 rings (SSSR count). The first-order valence-corrected chi connectivity index (χ1v) is 3.80. The van der Waals surface area contributed by atoms with Crippen LogP contribution in [-0.2, 0) is 4.74 Å². The van der Waals surface area contributed by atoms with Gasteiger partial charge in [0.15, 0.2) is 0 Å². The Balaban J connectivity index is 2.19. The maximum absolute atomic E-state index is 5.63. The molecule has 1 heterocycles. The molecule has 0 aliphatic carbocycles. The van der Waals surface area contributed by atoms with Crippen molar-refractivity contribution in [2.75, 3.05) is 32.8 Å². The molecule has 1 aliphatic heterocycles. The van der Waals surface area contributed by atoms with Gasteiger partial charge in [-0.05, 0) is 0 Å². The van der Waals surface area contributed by atoms with Crippen LogP contribution in [-0.4, -0.2) is 37.7 Å². The fraction of sp³-hybridized carbons (Fsp3) is 0.714. The van der Waals surface area contributed by atoms with Crippen molar-refractivity contribution in [2.24, 2.45) is 0 Å². The molecular formula is C7H12ClNO. The lowest BCUT2D eigenvalue weighted by atomic mass is 10.4. The van der Waals surface area contributed by atoms with E-state index in [-0.39, 0.29) is 0 Å². The number of rotatable bonds is 2. The highest BCUT2D eigenvalue weighted by Gasteiger charge is 2.09. The number of morpholine rings is 1. The predicted octanol–water partition coefficient (Wildman–Crippen LogP) is 1.07. The van der Waals surface area contributed by atoms with Gasteiger partial charge in [0.25, 0.3) is 0 Å². The van der Waals surface area contributed by atoms with Gasteiger partial charge in [0.2, 0.25) is 0 Å². The largest absolute Gasteiger partial charge is 0.379 e. The molecule has 10 heavy (non-hydrogen) atoms. The summed E-state index contributed by atoms with van der Waals surface area (Å²) < 4.78 is 5.17. The van der Waals surface area contributed by atoms with E-state index in [0.29, 0.717) is 5.03 Å². The van der Waals surface area contributed by atoms with Crippen molar-refractivity contribution in [1.82, 2.24) is 4.90 Å². The fourth-order valence-electron chi connectivity index (χ4n) is 1.00. The van der Waals surface area contributed by atoms with Crippen LogP contribution < -0.4 is 0 Å². The number of ether oxygens (including phenoxy) is 1. The zero-order valence-electron chi connectivity index (χ0n) is 5.98. The highest BCUT2D eigenvalue weighted by atomic mass is 35.5. The maximum atomic E-state index is 5.63. The van der Waals surface area contributed by atoms with Crippen molar-refractivity contribution >= 4 is 11.6 Å². The van der Waals surface area contributed by atoms with E-state index in [4.69, 9.17) is 16.3 Å². The minimum atomic E-state index is 0.710. The van der Waals surface area contributed by atoms with E-state index < -0.39 is 0 Å². The summed E-state index contributed by atoms with van der Waals surface area (Å²) in [5.41, 5.74) is 0. The second kappa shape index (κ2) is 3.96. The molecule has 1 aliphatic rings. The molecule has 0 radical (unpaired) electrons. The van der Waals surface area contributed by atoms with E-state index in [9.17, 15) is 0 Å². The third-order valence-electron chi connectivity index (χ3n) is 1.50. The first-order chi connectivity index (χ1) is 4.79. The summed E-state index contributed by atoms with van der Waals surface area (Å²) >= 11 is 5.63. The monoisotopic (exact) mass is 161 g/mol. The first-order valence-electron chi connectivity index (χ1n) is 3.42. The van der Waals surface area contributed by atoms with Gasteiger partial charge in [-0.1, -0.05) is 18.2 Å². The lowest BCUT2D eigenvalue weighted by Gasteiger charge is -2.25. The van der Waals surface area contributed by atoms with Gasteiger partial charge in [-0.25, -0.2) is 0 Å². The van der Waals surface area contributed by atoms with E-state index in [0.717, 1.165) is 32.8 Å². The quantitative estimate of drug-likeness (QED) is 0.601. The van der Waals surface area contributed by atoms with Gasteiger partial charge in [0.1, 0.15) is 0 Å². The van der Waals surface area contributed by atoms with Crippen LogP contribution in [0.25, 0.3) is 0 Å². The van der Waals surface area contributed by atoms with Crippen molar-refractivity contribution in [3.8, 4) is 0 Å². The SMILES string of the molecule is C=C(Cl)CN1CCOCC1. The molecule has 58 valence electrons. The van der Waals surface area contributed by atoms with Crippen LogP contribution in [0.15, 0.2) is 11.6 Å². The van der Waals surface area contributed by atoms with Gasteiger partial charge in [-0.15, -0.1) is 0 Å². The van der Waals surface area contributed by atoms with Crippen LogP contribution in [0.1, 0.15) is 0 Å². The van der Waals surface area contributed by atoms with E-state index in [1.54, 1.807) is 0 Å². The Morgan fingerprint density at radius 2 is 2.10 bits per heavy atom. The average Bonchev–Trinajstić information content (AvgIpc) is 1.88. The molecule has 0 aromatic carbocycles. The maximum Gasteiger partial charge on any atom is 0.0594 e. The Bertz CT molecular complexity index is 121. The highest BCUT2D eigenvalue weighted by molar-refractivity contribution is 6.29. The molecule has 0 spiro atoms. The summed E-state index contributed by atoms with van der Waals surface area (Å²) in [6.45, 7) is 8.03. The number of hydrogen-bond acceptors (Lipinski definition) is 2. The summed E-state index contributed by atoms with van der Waals surface area (Å²) in [7, 11) is 0. The molecule has 0 aromatic rings. The molecule has 1 fully saturated rings. The van der Waals surface area contributed by atoms with Crippen LogP contribution in [0.3, 0.4) is 0 Å². The summed E-state index contributed by atoms with van der Waals surface area (Å²) in [5.74, 6) is 0. The normalized spacial score (nSPS) is 20.9. The van der Waals surface area contributed by atoms with Gasteiger partial charge in [-0.2, -0.15) is 0 Å². The molecule has 0 atom stereocenters. The van der Waals surface area contributed by atoms with E-state index in [2.05, 4.69) is 11.5 Å². The van der Waals surface area contributed by atoms with E-state index in [1.807, 2.05) is 0 Å². The van der Waals surface area contributed by atoms with Crippen molar-refractivity contribution in [3.63, 3.8) is 0 Å². The van der Waals surface area contributed by atoms with Crippen LogP contribution >= 0.6 is 11.6 Å². The molecule has 2 nitrogen and oxygen atoms in total. The minimum absolute atomic E-state index is 0.710. The molecule has 0 saturated carbocycles. The Kier molecular flexibility index (Phi) is 3.19. The van der Waals surface area contributed by atoms with Crippen molar-refractivity contribution < 1.29 is 4.74 Å². The lowest BCUT2D eigenvalue weighted by molar-refractivity contribution is 0.0430. The van der Waals surface area contributed by atoms with Gasteiger partial charge in [0.05, 0.1) is 13.2 Å². The van der Waals surface area contributed by atoms with Crippen molar-refractivity contribution in [2.45, 2.75) is 0 Å². The van der Waals surface area contributed by atoms with Crippen LogP contribution in [0, 0.1) is 0 Å². The highest BCUT2D eigenvalue weighted by Crippen LogP contribution is 2.03. The number of nitrogens with zero attached hydrogens (tertiary/aromatic N) is 1. The summed E-state index contributed by atoms with van der Waals surface area (Å²) in [6.07, 6.45) is 0. The molecular weight excluding hydrogens is 150 g/mol. The molecule has 0 bridgehead atoms. The summed E-state index contributed by atoms with van der Waals surface area (Å²) in [5, 5.41) is 0.710. The minimum Gasteiger partial charge on any atom is -0.379 e. The van der Waals surface area contributed by atoms with Gasteiger partial charge >= 0.3 is 0 Å². The first kappa shape index (κ1) is 8.05. The zero-order valence-corrected chi connectivity index (χ0v) is 6.73. The molecule has 3 heteroatoms. The fourth-order valence-corrected chi connectivity index (χ4v) is 1.17. The molecule has 0 N–H and O–H groups in total. The van der Waals surface area contributed by atoms with Gasteiger partial charge < -0.3 is 4.74 Å². The molecule has 0 amide bonds. The van der Waals surface area contributed by atoms with E-state index >= 15 is 0 Å². The average molecular weight is 162 g/mol. The Hall–Kier alpha value is -0.0500. The Morgan fingerprint density at radius 3 is 2.60 bits per heavy atom. The topological polar surface area (TPSA) is 12.5 Å². The van der Waals surface area contributed by atoms with E-state index in [1.165, 1.54) is 0 Å². The molecule has 1 saturated heterocycles. The molecule has 0 aromatic heterocycles. The Labute approximate surface area is 66.4 Å². The predicted molar refractivity (Wildman–Crippen MR) is 42.3 cm³/mol. The van der Waals surface area contributed by atoms with Crippen LogP contribution in [0.4, 0.5) is 0 Å². The third-order valence-corrected chi connectivity index (χ3v) is 1.62. The van der Waals surface area contributed by atoms with Crippen molar-refractivity contribution in [3.05, 3.63) is 11.6 Å².